The molecule has 0 N–H and O–H groups in total. The van der Waals surface area contributed by atoms with Gasteiger partial charge in [-0.1, -0.05) is 23.7 Å². The maximum atomic E-state index is 13.0. The molecule has 0 bridgehead atoms. The summed E-state index contributed by atoms with van der Waals surface area (Å²) in [4.78, 5) is 22.3. The van der Waals surface area contributed by atoms with Crippen LogP contribution in [0, 0.1) is 0 Å². The van der Waals surface area contributed by atoms with Crippen LogP contribution in [-0.2, 0) is 10.0 Å². The molecule has 3 aromatic rings. The number of hydrogen-bond acceptors (Lipinski definition) is 5. The average molecular weight is 496 g/mol. The van der Waals surface area contributed by atoms with Crippen LogP contribution in [0.25, 0.3) is 10.8 Å². The standard InChI is InChI=1S/C19H16BrClN4O3S/c20-15-11-22-18(23-12-15)19(26)24-5-7-25(8-6-24)29(27,28)17-4-2-13-9-16(21)3-1-14(13)10-17/h1-4,9-12H,5-8H2. The van der Waals surface area contributed by atoms with Gasteiger partial charge in [0.1, 0.15) is 0 Å². The monoisotopic (exact) mass is 494 g/mol. The van der Waals surface area contributed by atoms with Crippen LogP contribution in [0.4, 0.5) is 0 Å². The zero-order valence-electron chi connectivity index (χ0n) is 15.1. The number of rotatable bonds is 3. The van der Waals surface area contributed by atoms with Crippen LogP contribution in [0.15, 0.2) is 58.2 Å². The predicted octanol–water partition coefficient (Wildman–Crippen LogP) is 3.19. The Morgan fingerprint density at radius 2 is 1.59 bits per heavy atom. The minimum absolute atomic E-state index is 0.0951. The number of hydrogen-bond donors (Lipinski definition) is 0. The summed E-state index contributed by atoms with van der Waals surface area (Å²) in [5.41, 5.74) is 0. The molecule has 150 valence electrons. The van der Waals surface area contributed by atoms with Crippen molar-refractivity contribution in [3.63, 3.8) is 0 Å². The molecule has 2 aromatic carbocycles. The van der Waals surface area contributed by atoms with Gasteiger partial charge in [0, 0.05) is 43.6 Å². The minimum Gasteiger partial charge on any atom is -0.333 e. The van der Waals surface area contributed by atoms with E-state index in [-0.39, 0.29) is 42.8 Å². The third kappa shape index (κ3) is 4.13. The van der Waals surface area contributed by atoms with Crippen molar-refractivity contribution >= 4 is 54.2 Å². The maximum Gasteiger partial charge on any atom is 0.291 e. The van der Waals surface area contributed by atoms with Crippen LogP contribution in [-0.4, -0.2) is 59.7 Å². The highest BCUT2D eigenvalue weighted by Gasteiger charge is 2.31. The molecule has 0 atom stereocenters. The van der Waals surface area contributed by atoms with E-state index in [1.165, 1.54) is 16.7 Å². The van der Waals surface area contributed by atoms with Crippen LogP contribution in [0.1, 0.15) is 10.6 Å². The lowest BCUT2D eigenvalue weighted by molar-refractivity contribution is 0.0685. The normalized spacial score (nSPS) is 15.6. The second-order valence-electron chi connectivity index (χ2n) is 6.57. The Labute approximate surface area is 181 Å². The summed E-state index contributed by atoms with van der Waals surface area (Å²) >= 11 is 9.22. The summed E-state index contributed by atoms with van der Waals surface area (Å²) in [6, 6.07) is 10.3. The van der Waals surface area contributed by atoms with E-state index in [4.69, 9.17) is 11.6 Å². The summed E-state index contributed by atoms with van der Waals surface area (Å²) in [5.74, 6) is -0.213. The largest absolute Gasteiger partial charge is 0.333 e. The fourth-order valence-corrected chi connectivity index (χ4v) is 5.04. The van der Waals surface area contributed by atoms with E-state index in [1.807, 2.05) is 0 Å². The maximum absolute atomic E-state index is 13.0. The quantitative estimate of drug-likeness (QED) is 0.557. The summed E-state index contributed by atoms with van der Waals surface area (Å²) in [7, 11) is -3.66. The number of sulfonamides is 1. The van der Waals surface area contributed by atoms with Crippen molar-refractivity contribution in [2.45, 2.75) is 4.90 Å². The fourth-order valence-electron chi connectivity index (χ4n) is 3.20. The van der Waals surface area contributed by atoms with E-state index in [2.05, 4.69) is 25.9 Å². The molecule has 1 saturated heterocycles. The molecular weight excluding hydrogens is 480 g/mol. The van der Waals surface area contributed by atoms with Crippen molar-refractivity contribution < 1.29 is 13.2 Å². The molecule has 1 aromatic heterocycles. The van der Waals surface area contributed by atoms with Crippen molar-refractivity contribution in [1.82, 2.24) is 19.2 Å². The zero-order chi connectivity index (χ0) is 20.6. The number of carbonyl (C=O) groups is 1. The third-order valence-corrected chi connectivity index (χ3v) is 7.29. The predicted molar refractivity (Wildman–Crippen MR) is 113 cm³/mol. The van der Waals surface area contributed by atoms with Gasteiger partial charge in [-0.15, -0.1) is 0 Å². The van der Waals surface area contributed by atoms with Gasteiger partial charge in [-0.05, 0) is 51.0 Å². The minimum atomic E-state index is -3.66. The average Bonchev–Trinajstić information content (AvgIpc) is 2.73. The van der Waals surface area contributed by atoms with Crippen molar-refractivity contribution in [2.75, 3.05) is 26.2 Å². The van der Waals surface area contributed by atoms with Gasteiger partial charge in [0.25, 0.3) is 5.91 Å². The molecule has 10 heteroatoms. The van der Waals surface area contributed by atoms with Crippen molar-refractivity contribution in [1.29, 1.82) is 0 Å². The number of piperazine rings is 1. The lowest BCUT2D eigenvalue weighted by atomic mass is 10.1. The van der Waals surface area contributed by atoms with E-state index in [0.717, 1.165) is 10.8 Å². The first kappa shape index (κ1) is 20.2. The summed E-state index contributed by atoms with van der Waals surface area (Å²) < 4.78 is 28.2. The molecule has 4 rings (SSSR count). The van der Waals surface area contributed by atoms with Crippen molar-refractivity contribution in [2.24, 2.45) is 0 Å². The zero-order valence-corrected chi connectivity index (χ0v) is 18.3. The number of nitrogens with zero attached hydrogens (tertiary/aromatic N) is 4. The Morgan fingerprint density at radius 1 is 0.966 bits per heavy atom. The van der Waals surface area contributed by atoms with Gasteiger partial charge in [0.2, 0.25) is 15.8 Å². The highest BCUT2D eigenvalue weighted by atomic mass is 79.9. The third-order valence-electron chi connectivity index (χ3n) is 4.75. The number of aromatic nitrogens is 2. The van der Waals surface area contributed by atoms with Crippen molar-refractivity contribution in [3.05, 3.63) is 64.1 Å². The summed E-state index contributed by atoms with van der Waals surface area (Å²) in [6.45, 7) is 0.980. The van der Waals surface area contributed by atoms with Crippen LogP contribution in [0.3, 0.4) is 0 Å². The Kier molecular flexibility index (Phi) is 5.56. The molecule has 1 aliphatic heterocycles. The van der Waals surface area contributed by atoms with Crippen LogP contribution < -0.4 is 0 Å². The molecule has 2 heterocycles. The highest BCUT2D eigenvalue weighted by molar-refractivity contribution is 9.10. The molecule has 0 spiro atoms. The van der Waals surface area contributed by atoms with Gasteiger partial charge < -0.3 is 4.90 Å². The van der Waals surface area contributed by atoms with Gasteiger partial charge in [-0.25, -0.2) is 18.4 Å². The molecule has 7 nitrogen and oxygen atoms in total. The van der Waals surface area contributed by atoms with Crippen LogP contribution >= 0.6 is 27.5 Å². The molecule has 1 aliphatic rings. The number of benzene rings is 2. The lowest BCUT2D eigenvalue weighted by Gasteiger charge is -2.33. The van der Waals surface area contributed by atoms with Gasteiger partial charge in [0.15, 0.2) is 0 Å². The van der Waals surface area contributed by atoms with E-state index < -0.39 is 10.0 Å². The van der Waals surface area contributed by atoms with Gasteiger partial charge >= 0.3 is 0 Å². The molecule has 1 fully saturated rings. The SMILES string of the molecule is O=C(c1ncc(Br)cn1)N1CCN(S(=O)(=O)c2ccc3cc(Cl)ccc3c2)CC1. The van der Waals surface area contributed by atoms with E-state index in [9.17, 15) is 13.2 Å². The molecule has 29 heavy (non-hydrogen) atoms. The van der Waals surface area contributed by atoms with Gasteiger partial charge in [0.05, 0.1) is 9.37 Å². The smallest absolute Gasteiger partial charge is 0.291 e. The summed E-state index contributed by atoms with van der Waals surface area (Å²) in [6.07, 6.45) is 3.02. The molecular formula is C19H16BrClN4O3S. The van der Waals surface area contributed by atoms with Crippen LogP contribution in [0.2, 0.25) is 5.02 Å². The molecule has 0 unspecified atom stereocenters. The Hall–Kier alpha value is -2.07. The van der Waals surface area contributed by atoms with E-state index in [1.54, 1.807) is 41.3 Å². The molecule has 0 aliphatic carbocycles. The Morgan fingerprint density at radius 3 is 2.28 bits per heavy atom. The van der Waals surface area contributed by atoms with E-state index in [0.29, 0.717) is 9.50 Å². The van der Waals surface area contributed by atoms with E-state index >= 15 is 0 Å². The molecule has 1 amide bonds. The number of amides is 1. The molecule has 0 radical (unpaired) electrons. The first-order valence-electron chi connectivity index (χ1n) is 8.81. The number of halogens is 2. The topological polar surface area (TPSA) is 83.5 Å². The second-order valence-corrected chi connectivity index (χ2v) is 9.86. The number of fused-ring (bicyclic) bond motifs is 1. The lowest BCUT2D eigenvalue weighted by Crippen LogP contribution is -2.50. The first-order valence-corrected chi connectivity index (χ1v) is 11.4. The first-order chi connectivity index (χ1) is 13.8. The van der Waals surface area contributed by atoms with Gasteiger partial charge in [-0.3, -0.25) is 4.79 Å². The van der Waals surface area contributed by atoms with Crippen LogP contribution in [0.5, 0.6) is 0 Å². The van der Waals surface area contributed by atoms with Crippen molar-refractivity contribution in [3.8, 4) is 0 Å². The summed E-state index contributed by atoms with van der Waals surface area (Å²) in [5, 5.41) is 2.28. The Bertz CT molecular complexity index is 1180. The number of carbonyl (C=O) groups excluding carboxylic acids is 1. The Balaban J connectivity index is 1.49. The second kappa shape index (κ2) is 7.98. The fraction of sp³-hybridized carbons (Fsp3) is 0.211. The molecule has 0 saturated carbocycles. The highest BCUT2D eigenvalue weighted by Crippen LogP contribution is 2.25. The van der Waals surface area contributed by atoms with Gasteiger partial charge in [-0.2, -0.15) is 4.31 Å².